The predicted octanol–water partition coefficient (Wildman–Crippen LogP) is 4.67. The van der Waals surface area contributed by atoms with E-state index in [4.69, 9.17) is 9.68 Å². The van der Waals surface area contributed by atoms with Crippen LogP contribution in [0.2, 0.25) is 0 Å². The minimum Gasteiger partial charge on any atom is -0.423 e. The van der Waals surface area contributed by atoms with E-state index in [9.17, 15) is 4.79 Å². The fraction of sp³-hybridized carbons (Fsp3) is 0.333. The van der Waals surface area contributed by atoms with Gasteiger partial charge in [0.1, 0.15) is 5.58 Å². The van der Waals surface area contributed by atoms with Crippen molar-refractivity contribution in [2.75, 3.05) is 13.1 Å². The number of nitriles is 1. The Bertz CT molecular complexity index is 1110. The summed E-state index contributed by atoms with van der Waals surface area (Å²) in [6.45, 7) is 6.28. The van der Waals surface area contributed by atoms with Crippen LogP contribution in [0.15, 0.2) is 51.7 Å². The number of rotatable bonds is 4. The lowest BCUT2D eigenvalue weighted by Gasteiger charge is -2.21. The van der Waals surface area contributed by atoms with Gasteiger partial charge < -0.3 is 9.32 Å². The van der Waals surface area contributed by atoms with Crippen molar-refractivity contribution in [2.24, 2.45) is 0 Å². The van der Waals surface area contributed by atoms with E-state index < -0.39 is 0 Å². The standard InChI is InChI=1S/C24H24N2O2/c1-16-4-3-12-26(16)13-11-21-17(2)22-14-20(9-10-23(22)28-24(21)27)19-7-5-18(15-25)6-8-19/h5-10,14,16H,3-4,11-13H2,1-2H3. The number of nitrogens with zero attached hydrogens (tertiary/aromatic N) is 2. The van der Waals surface area contributed by atoms with E-state index in [0.29, 0.717) is 17.2 Å². The van der Waals surface area contributed by atoms with Crippen molar-refractivity contribution in [3.8, 4) is 17.2 Å². The molecule has 0 amide bonds. The monoisotopic (exact) mass is 372 g/mol. The Morgan fingerprint density at radius 3 is 2.61 bits per heavy atom. The lowest BCUT2D eigenvalue weighted by molar-refractivity contribution is 0.271. The number of fused-ring (bicyclic) bond motifs is 1. The summed E-state index contributed by atoms with van der Waals surface area (Å²) in [5.41, 5.74) is 4.93. The van der Waals surface area contributed by atoms with Crippen molar-refractivity contribution in [1.29, 1.82) is 5.26 Å². The summed E-state index contributed by atoms with van der Waals surface area (Å²) >= 11 is 0. The van der Waals surface area contributed by atoms with Crippen molar-refractivity contribution in [2.45, 2.75) is 39.2 Å². The van der Waals surface area contributed by atoms with Crippen LogP contribution in [0, 0.1) is 18.3 Å². The molecule has 0 spiro atoms. The lowest BCUT2D eigenvalue weighted by Crippen LogP contribution is -2.30. The molecule has 0 aliphatic carbocycles. The molecule has 0 saturated carbocycles. The molecule has 1 aromatic heterocycles. The third-order valence-electron chi connectivity index (χ3n) is 5.97. The van der Waals surface area contributed by atoms with E-state index >= 15 is 0 Å². The van der Waals surface area contributed by atoms with E-state index in [-0.39, 0.29) is 5.63 Å². The smallest absolute Gasteiger partial charge is 0.339 e. The molecule has 1 saturated heterocycles. The van der Waals surface area contributed by atoms with Crippen molar-refractivity contribution in [3.05, 3.63) is 69.6 Å². The van der Waals surface area contributed by atoms with Crippen LogP contribution in [0.3, 0.4) is 0 Å². The molecule has 0 bridgehead atoms. The van der Waals surface area contributed by atoms with Crippen LogP contribution in [-0.2, 0) is 6.42 Å². The topological polar surface area (TPSA) is 57.2 Å². The molecule has 1 aliphatic heterocycles. The highest BCUT2D eigenvalue weighted by molar-refractivity contribution is 5.86. The second kappa shape index (κ2) is 7.61. The Labute approximate surface area is 165 Å². The third-order valence-corrected chi connectivity index (χ3v) is 5.97. The van der Waals surface area contributed by atoms with E-state index in [2.05, 4.69) is 24.0 Å². The second-order valence-electron chi connectivity index (χ2n) is 7.67. The van der Waals surface area contributed by atoms with Crippen molar-refractivity contribution in [3.63, 3.8) is 0 Å². The van der Waals surface area contributed by atoms with E-state index in [1.165, 1.54) is 12.8 Å². The third kappa shape index (κ3) is 3.46. The quantitative estimate of drug-likeness (QED) is 0.625. The molecule has 0 N–H and O–H groups in total. The fourth-order valence-electron chi connectivity index (χ4n) is 4.18. The number of likely N-dealkylation sites (tertiary alicyclic amines) is 1. The van der Waals surface area contributed by atoms with Gasteiger partial charge in [0.15, 0.2) is 0 Å². The van der Waals surface area contributed by atoms with Crippen LogP contribution in [0.5, 0.6) is 0 Å². The van der Waals surface area contributed by atoms with E-state index in [0.717, 1.165) is 47.2 Å². The van der Waals surface area contributed by atoms with Gasteiger partial charge >= 0.3 is 5.63 Å². The van der Waals surface area contributed by atoms with Crippen LogP contribution in [0.25, 0.3) is 22.1 Å². The van der Waals surface area contributed by atoms with Gasteiger partial charge in [-0.3, -0.25) is 0 Å². The highest BCUT2D eigenvalue weighted by atomic mass is 16.4. The van der Waals surface area contributed by atoms with Crippen LogP contribution >= 0.6 is 0 Å². The van der Waals surface area contributed by atoms with Crippen LogP contribution in [0.1, 0.15) is 36.5 Å². The van der Waals surface area contributed by atoms with Gasteiger partial charge in [-0.2, -0.15) is 5.26 Å². The van der Waals surface area contributed by atoms with Crippen molar-refractivity contribution in [1.82, 2.24) is 4.90 Å². The van der Waals surface area contributed by atoms with Gasteiger partial charge in [-0.05, 0) is 80.6 Å². The highest BCUT2D eigenvalue weighted by Crippen LogP contribution is 2.27. The van der Waals surface area contributed by atoms with Crippen LogP contribution in [-0.4, -0.2) is 24.0 Å². The Morgan fingerprint density at radius 1 is 1.18 bits per heavy atom. The lowest BCUT2D eigenvalue weighted by atomic mass is 9.98. The summed E-state index contributed by atoms with van der Waals surface area (Å²) < 4.78 is 5.63. The second-order valence-corrected chi connectivity index (χ2v) is 7.67. The van der Waals surface area contributed by atoms with Gasteiger partial charge in [-0.1, -0.05) is 18.2 Å². The summed E-state index contributed by atoms with van der Waals surface area (Å²) in [5.74, 6) is 0. The molecule has 28 heavy (non-hydrogen) atoms. The summed E-state index contributed by atoms with van der Waals surface area (Å²) in [5, 5.41) is 9.96. The van der Waals surface area contributed by atoms with E-state index in [1.807, 2.05) is 43.3 Å². The molecule has 2 aromatic carbocycles. The zero-order valence-electron chi connectivity index (χ0n) is 16.4. The van der Waals surface area contributed by atoms with Gasteiger partial charge in [-0.15, -0.1) is 0 Å². The van der Waals surface area contributed by atoms with E-state index in [1.54, 1.807) is 0 Å². The predicted molar refractivity (Wildman–Crippen MR) is 111 cm³/mol. The molecular weight excluding hydrogens is 348 g/mol. The summed E-state index contributed by atoms with van der Waals surface area (Å²) in [6, 6.07) is 16.2. The minimum atomic E-state index is -0.219. The molecule has 142 valence electrons. The molecule has 1 fully saturated rings. The van der Waals surface area contributed by atoms with Crippen molar-refractivity contribution >= 4 is 11.0 Å². The zero-order chi connectivity index (χ0) is 19.7. The van der Waals surface area contributed by atoms with Gasteiger partial charge in [0.05, 0.1) is 11.6 Å². The maximum atomic E-state index is 12.6. The maximum absolute atomic E-state index is 12.6. The Kier molecular flexibility index (Phi) is 5.02. The molecule has 0 radical (unpaired) electrons. The highest BCUT2D eigenvalue weighted by Gasteiger charge is 2.21. The average molecular weight is 372 g/mol. The molecule has 1 unspecified atom stereocenters. The Balaban J connectivity index is 1.69. The first-order valence-electron chi connectivity index (χ1n) is 9.88. The maximum Gasteiger partial charge on any atom is 0.339 e. The molecule has 3 aromatic rings. The first-order valence-corrected chi connectivity index (χ1v) is 9.88. The summed E-state index contributed by atoms with van der Waals surface area (Å²) in [6.07, 6.45) is 3.19. The first kappa shape index (κ1) is 18.5. The summed E-state index contributed by atoms with van der Waals surface area (Å²) in [4.78, 5) is 15.0. The molecule has 1 atom stereocenters. The summed E-state index contributed by atoms with van der Waals surface area (Å²) in [7, 11) is 0. The van der Waals surface area contributed by atoms with Gasteiger partial charge in [0.25, 0.3) is 0 Å². The average Bonchev–Trinajstić information content (AvgIpc) is 3.12. The van der Waals surface area contributed by atoms with Crippen molar-refractivity contribution < 1.29 is 4.42 Å². The van der Waals surface area contributed by atoms with Gasteiger partial charge in [-0.25, -0.2) is 4.79 Å². The van der Waals surface area contributed by atoms with Gasteiger partial charge in [0, 0.05) is 23.5 Å². The molecule has 2 heterocycles. The van der Waals surface area contributed by atoms with Crippen LogP contribution < -0.4 is 5.63 Å². The largest absolute Gasteiger partial charge is 0.423 e. The molecule has 4 rings (SSSR count). The fourth-order valence-corrected chi connectivity index (χ4v) is 4.18. The molecule has 4 nitrogen and oxygen atoms in total. The molecule has 1 aliphatic rings. The SMILES string of the molecule is Cc1c(CCN2CCCC2C)c(=O)oc2ccc(-c3ccc(C#N)cc3)cc12. The number of hydrogen-bond donors (Lipinski definition) is 0. The number of benzene rings is 2. The Hall–Kier alpha value is -2.90. The Morgan fingerprint density at radius 2 is 1.93 bits per heavy atom. The minimum absolute atomic E-state index is 0.219. The normalized spacial score (nSPS) is 17.1. The number of aryl methyl sites for hydroxylation is 1. The zero-order valence-corrected chi connectivity index (χ0v) is 16.4. The first-order chi connectivity index (χ1) is 13.6. The molecule has 4 heteroatoms. The molecular formula is C24H24N2O2. The van der Waals surface area contributed by atoms with Crippen LogP contribution in [0.4, 0.5) is 0 Å². The van der Waals surface area contributed by atoms with Gasteiger partial charge in [0.2, 0.25) is 0 Å². The number of hydrogen-bond acceptors (Lipinski definition) is 4.